The van der Waals surface area contributed by atoms with Crippen molar-refractivity contribution in [1.82, 2.24) is 10.6 Å². The third-order valence-corrected chi connectivity index (χ3v) is 2.27. The Balaban J connectivity index is 2.10. The van der Waals surface area contributed by atoms with Gasteiger partial charge in [-0.3, -0.25) is 0 Å². The lowest BCUT2D eigenvalue weighted by atomic mass is 9.85. The Kier molecular flexibility index (Phi) is 3.13. The Morgan fingerprint density at radius 1 is 1.17 bits per heavy atom. The molecule has 72 valence electrons. The molecule has 12 heavy (non-hydrogen) atoms. The van der Waals surface area contributed by atoms with Gasteiger partial charge in [0, 0.05) is 17.6 Å². The van der Waals surface area contributed by atoms with E-state index in [0.29, 0.717) is 0 Å². The highest BCUT2D eigenvalue weighted by Crippen LogP contribution is 2.21. The lowest BCUT2D eigenvalue weighted by Gasteiger charge is -2.40. The van der Waals surface area contributed by atoms with Crippen LogP contribution < -0.4 is 10.6 Å². The van der Waals surface area contributed by atoms with Crippen molar-refractivity contribution in [2.24, 2.45) is 0 Å². The van der Waals surface area contributed by atoms with E-state index < -0.39 is 0 Å². The van der Waals surface area contributed by atoms with E-state index >= 15 is 0 Å². The molecule has 1 saturated carbocycles. The second-order valence-corrected chi connectivity index (χ2v) is 4.82. The highest BCUT2D eigenvalue weighted by atomic mass is 15.0. The maximum Gasteiger partial charge on any atom is 0.0101 e. The van der Waals surface area contributed by atoms with Crippen LogP contribution in [-0.2, 0) is 0 Å². The molecule has 0 aromatic carbocycles. The van der Waals surface area contributed by atoms with E-state index in [4.69, 9.17) is 0 Å². The summed E-state index contributed by atoms with van der Waals surface area (Å²) in [4.78, 5) is 0. The molecule has 0 spiro atoms. The van der Waals surface area contributed by atoms with Crippen molar-refractivity contribution in [3.05, 3.63) is 0 Å². The van der Waals surface area contributed by atoms with Crippen LogP contribution in [0.4, 0.5) is 0 Å². The first-order valence-electron chi connectivity index (χ1n) is 5.02. The van der Waals surface area contributed by atoms with E-state index in [1.165, 1.54) is 12.8 Å². The van der Waals surface area contributed by atoms with Crippen molar-refractivity contribution in [3.8, 4) is 0 Å². The summed E-state index contributed by atoms with van der Waals surface area (Å²) in [5.74, 6) is 0. The SMILES string of the molecule is CCN[C@H]1C[C@H](NC(C)(C)C)C1. The Morgan fingerprint density at radius 3 is 2.17 bits per heavy atom. The van der Waals surface area contributed by atoms with Gasteiger partial charge in [-0.05, 0) is 40.2 Å². The molecular weight excluding hydrogens is 148 g/mol. The van der Waals surface area contributed by atoms with Gasteiger partial charge in [-0.15, -0.1) is 0 Å². The van der Waals surface area contributed by atoms with Gasteiger partial charge in [0.1, 0.15) is 0 Å². The summed E-state index contributed by atoms with van der Waals surface area (Å²) in [6.45, 7) is 9.96. The zero-order valence-corrected chi connectivity index (χ0v) is 8.78. The molecule has 2 heteroatoms. The third kappa shape index (κ3) is 3.11. The second-order valence-electron chi connectivity index (χ2n) is 4.82. The van der Waals surface area contributed by atoms with E-state index in [1.807, 2.05) is 0 Å². The van der Waals surface area contributed by atoms with Crippen LogP contribution in [0.3, 0.4) is 0 Å². The summed E-state index contributed by atoms with van der Waals surface area (Å²) in [7, 11) is 0. The summed E-state index contributed by atoms with van der Waals surface area (Å²) < 4.78 is 0. The van der Waals surface area contributed by atoms with Gasteiger partial charge in [0.15, 0.2) is 0 Å². The topological polar surface area (TPSA) is 24.1 Å². The van der Waals surface area contributed by atoms with Crippen LogP contribution in [0.1, 0.15) is 40.5 Å². The van der Waals surface area contributed by atoms with Crippen molar-refractivity contribution < 1.29 is 0 Å². The first-order chi connectivity index (χ1) is 5.51. The first-order valence-corrected chi connectivity index (χ1v) is 5.02. The Morgan fingerprint density at radius 2 is 1.75 bits per heavy atom. The molecular formula is C10H22N2. The summed E-state index contributed by atoms with van der Waals surface area (Å²) >= 11 is 0. The largest absolute Gasteiger partial charge is 0.314 e. The number of nitrogens with one attached hydrogen (secondary N) is 2. The average Bonchev–Trinajstić information content (AvgIpc) is 1.80. The van der Waals surface area contributed by atoms with Crippen molar-refractivity contribution >= 4 is 0 Å². The fraction of sp³-hybridized carbons (Fsp3) is 1.00. The molecule has 0 unspecified atom stereocenters. The van der Waals surface area contributed by atoms with Gasteiger partial charge in [-0.2, -0.15) is 0 Å². The number of hydrogen-bond donors (Lipinski definition) is 2. The molecule has 0 aliphatic heterocycles. The van der Waals surface area contributed by atoms with Gasteiger partial charge in [0.2, 0.25) is 0 Å². The fourth-order valence-electron chi connectivity index (χ4n) is 1.80. The van der Waals surface area contributed by atoms with Crippen LogP contribution in [0.2, 0.25) is 0 Å². The normalized spacial score (nSPS) is 30.0. The molecule has 1 fully saturated rings. The van der Waals surface area contributed by atoms with Crippen LogP contribution in [0.5, 0.6) is 0 Å². The minimum atomic E-state index is 0.280. The molecule has 0 aromatic rings. The van der Waals surface area contributed by atoms with Crippen LogP contribution in [0.25, 0.3) is 0 Å². The van der Waals surface area contributed by atoms with E-state index in [1.54, 1.807) is 0 Å². The molecule has 2 N–H and O–H groups in total. The number of rotatable bonds is 3. The predicted molar refractivity (Wildman–Crippen MR) is 53.4 cm³/mol. The van der Waals surface area contributed by atoms with E-state index in [2.05, 4.69) is 38.3 Å². The van der Waals surface area contributed by atoms with Crippen molar-refractivity contribution in [2.75, 3.05) is 6.54 Å². The van der Waals surface area contributed by atoms with Crippen molar-refractivity contribution in [1.29, 1.82) is 0 Å². The minimum Gasteiger partial charge on any atom is -0.314 e. The monoisotopic (exact) mass is 170 g/mol. The van der Waals surface area contributed by atoms with E-state index in [0.717, 1.165) is 18.6 Å². The Bertz CT molecular complexity index is 131. The van der Waals surface area contributed by atoms with Gasteiger partial charge in [0.25, 0.3) is 0 Å². The van der Waals surface area contributed by atoms with Gasteiger partial charge in [-0.25, -0.2) is 0 Å². The van der Waals surface area contributed by atoms with Crippen molar-refractivity contribution in [2.45, 2.75) is 58.2 Å². The highest BCUT2D eigenvalue weighted by Gasteiger charge is 2.30. The van der Waals surface area contributed by atoms with Gasteiger partial charge >= 0.3 is 0 Å². The zero-order valence-electron chi connectivity index (χ0n) is 8.78. The smallest absolute Gasteiger partial charge is 0.0101 e. The molecule has 0 radical (unpaired) electrons. The fourth-order valence-corrected chi connectivity index (χ4v) is 1.80. The molecule has 0 amide bonds. The zero-order chi connectivity index (χ0) is 9.19. The molecule has 1 aliphatic rings. The summed E-state index contributed by atoms with van der Waals surface area (Å²) in [6.07, 6.45) is 2.59. The maximum absolute atomic E-state index is 3.60. The van der Waals surface area contributed by atoms with Crippen LogP contribution in [0, 0.1) is 0 Å². The van der Waals surface area contributed by atoms with Gasteiger partial charge in [-0.1, -0.05) is 6.92 Å². The minimum absolute atomic E-state index is 0.280. The summed E-state index contributed by atoms with van der Waals surface area (Å²) in [6, 6.07) is 1.52. The van der Waals surface area contributed by atoms with Crippen LogP contribution in [-0.4, -0.2) is 24.2 Å². The highest BCUT2D eigenvalue weighted by molar-refractivity contribution is 4.92. The third-order valence-electron chi connectivity index (χ3n) is 2.27. The molecule has 2 nitrogen and oxygen atoms in total. The standard InChI is InChI=1S/C10H22N2/c1-5-11-8-6-9(7-8)12-10(2,3)4/h8-9,11-12H,5-7H2,1-4H3/t8-,9-. The molecule has 0 atom stereocenters. The lowest BCUT2D eigenvalue weighted by Crippen LogP contribution is -2.55. The second kappa shape index (κ2) is 3.75. The van der Waals surface area contributed by atoms with Crippen LogP contribution in [0.15, 0.2) is 0 Å². The number of hydrogen-bond acceptors (Lipinski definition) is 2. The molecule has 0 aromatic heterocycles. The first kappa shape index (κ1) is 10.0. The predicted octanol–water partition coefficient (Wildman–Crippen LogP) is 1.51. The lowest BCUT2D eigenvalue weighted by molar-refractivity contribution is 0.210. The summed E-state index contributed by atoms with van der Waals surface area (Å²) in [5.41, 5.74) is 0.280. The average molecular weight is 170 g/mol. The molecule has 1 aliphatic carbocycles. The Labute approximate surface area is 76.1 Å². The molecule has 0 bridgehead atoms. The van der Waals surface area contributed by atoms with Gasteiger partial charge in [0.05, 0.1) is 0 Å². The van der Waals surface area contributed by atoms with E-state index in [9.17, 15) is 0 Å². The van der Waals surface area contributed by atoms with Crippen LogP contribution >= 0.6 is 0 Å². The van der Waals surface area contributed by atoms with Gasteiger partial charge < -0.3 is 10.6 Å². The Hall–Kier alpha value is -0.0800. The maximum atomic E-state index is 3.60. The van der Waals surface area contributed by atoms with E-state index in [-0.39, 0.29) is 5.54 Å². The molecule has 1 rings (SSSR count). The quantitative estimate of drug-likeness (QED) is 0.671. The summed E-state index contributed by atoms with van der Waals surface area (Å²) in [5, 5.41) is 7.06. The molecule has 0 heterocycles. The van der Waals surface area contributed by atoms with Crippen molar-refractivity contribution in [3.63, 3.8) is 0 Å². The molecule has 0 saturated heterocycles.